The highest BCUT2D eigenvalue weighted by Crippen LogP contribution is 2.78. The summed E-state index contributed by atoms with van der Waals surface area (Å²) in [6, 6.07) is 0. The van der Waals surface area contributed by atoms with Gasteiger partial charge in [0.2, 0.25) is 0 Å². The maximum atomic E-state index is 12.8. The van der Waals surface area contributed by atoms with E-state index in [0.29, 0.717) is 64.8 Å². The first-order chi connectivity index (χ1) is 30.1. The lowest BCUT2D eigenvalue weighted by Gasteiger charge is -2.71. The molecule has 0 aliphatic heterocycles. The second-order valence-corrected chi connectivity index (χ2v) is 29.0. The highest BCUT2D eigenvalue weighted by molar-refractivity contribution is 5.76. The number of aliphatic carboxylic acids is 1. The van der Waals surface area contributed by atoms with Crippen LogP contribution in [0.1, 0.15) is 213 Å². The molecule has 0 aromatic carbocycles. The Morgan fingerprint density at radius 2 is 0.954 bits per heavy atom. The standard InChI is InChI=1S/C30H48O3.C30H50O2/c1-18-10-15-30(25(32)33)17-16-28(6)20(24(30)19(18)2)8-9-22-27(5)13-12-23(31)26(3,4)21(27)11-14-29(22,28)7;1-19-10-15-30(18-31)17-16-28(6)21(25(30)20(19)2)8-9-23-27(5)13-12-24(32)26(3,4)22(27)11-14-29(23,28)7/h8,18-19,21-24,31H,9-17H2,1-7H3,(H,32,33);8,19-20,22-25,31-32H,9-18H2,1-7H3/t18-,19+,21+,22-,23+,24+,27+,28-,29-,30+;19-,20+,22+,23-,24+,25+,27+,28-,29-,30-/m11/s1. The minimum atomic E-state index is -0.557. The molecule has 0 amide bonds. The van der Waals surface area contributed by atoms with Crippen LogP contribution in [0.2, 0.25) is 0 Å². The van der Waals surface area contributed by atoms with Gasteiger partial charge in [0.25, 0.3) is 0 Å². The number of carboxylic acids is 1. The van der Waals surface area contributed by atoms with Crippen LogP contribution in [0.25, 0.3) is 0 Å². The second-order valence-electron chi connectivity index (χ2n) is 29.0. The van der Waals surface area contributed by atoms with E-state index in [1.54, 1.807) is 5.57 Å². The van der Waals surface area contributed by atoms with E-state index in [1.165, 1.54) is 69.8 Å². The van der Waals surface area contributed by atoms with Gasteiger partial charge in [0.05, 0.1) is 17.6 Å². The number of aliphatic hydroxyl groups is 3. The summed E-state index contributed by atoms with van der Waals surface area (Å²) in [5.74, 6) is 5.12. The van der Waals surface area contributed by atoms with E-state index >= 15 is 0 Å². The average molecular weight is 899 g/mol. The third-order valence-corrected chi connectivity index (χ3v) is 26.8. The summed E-state index contributed by atoms with van der Waals surface area (Å²) < 4.78 is 0. The molecule has 8 saturated carbocycles. The van der Waals surface area contributed by atoms with Crippen LogP contribution in [0, 0.1) is 113 Å². The van der Waals surface area contributed by atoms with Crippen LogP contribution in [0.5, 0.6) is 0 Å². The topological polar surface area (TPSA) is 98.0 Å². The molecule has 10 aliphatic rings. The Bertz CT molecular complexity index is 1950. The molecule has 4 N–H and O–H groups in total. The summed E-state index contributed by atoms with van der Waals surface area (Å²) in [7, 11) is 0. The SMILES string of the molecule is C[C@H]1[C@H](C)CC[C@]2(C(=O)O)CC[C@]3(C)C(=CC[C@@H]4[C@@]5(C)CC[C@H](O)C(C)(C)[C@@H]5CC[C@]43C)[C@H]12.C[C@H]1[C@H](C)CC[C@]2(CO)CC[C@]3(C)C(=CC[C@@H]4[C@@]5(C)CC[C@H](O)C(C)(C)[C@@H]5CC[C@]43C)[C@H]12. The van der Waals surface area contributed by atoms with Crippen LogP contribution >= 0.6 is 0 Å². The predicted molar refractivity (Wildman–Crippen MR) is 265 cm³/mol. The third kappa shape index (κ3) is 6.19. The molecule has 0 spiro atoms. The lowest BCUT2D eigenvalue weighted by atomic mass is 9.33. The van der Waals surface area contributed by atoms with Gasteiger partial charge in [-0.1, -0.05) is 120 Å². The van der Waals surface area contributed by atoms with Crippen molar-refractivity contribution in [3.63, 3.8) is 0 Å². The number of rotatable bonds is 2. The van der Waals surface area contributed by atoms with E-state index in [1.807, 2.05) is 0 Å². The highest BCUT2D eigenvalue weighted by Gasteiger charge is 2.71. The Morgan fingerprint density at radius 1 is 0.523 bits per heavy atom. The summed E-state index contributed by atoms with van der Waals surface area (Å²) in [5.41, 5.74) is 4.23. The zero-order valence-corrected chi connectivity index (χ0v) is 44.2. The summed E-state index contributed by atoms with van der Waals surface area (Å²) in [4.78, 5) is 12.8. The maximum Gasteiger partial charge on any atom is 0.310 e. The van der Waals surface area contributed by atoms with Crippen molar-refractivity contribution in [2.75, 3.05) is 6.61 Å². The van der Waals surface area contributed by atoms with Crippen molar-refractivity contribution in [1.82, 2.24) is 0 Å². The molecule has 5 nitrogen and oxygen atoms in total. The molecule has 368 valence electrons. The van der Waals surface area contributed by atoms with Crippen molar-refractivity contribution >= 4 is 5.97 Å². The van der Waals surface area contributed by atoms with Gasteiger partial charge in [-0.15, -0.1) is 0 Å². The first-order valence-corrected chi connectivity index (χ1v) is 27.7. The van der Waals surface area contributed by atoms with Crippen molar-refractivity contribution in [2.45, 2.75) is 225 Å². The molecule has 10 rings (SSSR count). The number of fused-ring (bicyclic) bond motifs is 14. The summed E-state index contributed by atoms with van der Waals surface area (Å²) >= 11 is 0. The van der Waals surface area contributed by atoms with E-state index in [2.05, 4.69) is 109 Å². The zero-order chi connectivity index (χ0) is 47.5. The quantitative estimate of drug-likeness (QED) is 0.207. The van der Waals surface area contributed by atoms with Crippen molar-refractivity contribution in [2.24, 2.45) is 113 Å². The number of carboxylic acid groups (broad SMARTS) is 1. The molecule has 20 atom stereocenters. The molecule has 10 aliphatic carbocycles. The zero-order valence-electron chi connectivity index (χ0n) is 44.2. The van der Waals surface area contributed by atoms with Gasteiger partial charge in [0.15, 0.2) is 0 Å². The maximum absolute atomic E-state index is 12.8. The summed E-state index contributed by atoms with van der Waals surface area (Å²) in [5, 5.41) is 43.0. The van der Waals surface area contributed by atoms with Gasteiger partial charge in [-0.25, -0.2) is 0 Å². The molecule has 0 aromatic heterocycles. The Morgan fingerprint density at radius 3 is 1.42 bits per heavy atom. The second kappa shape index (κ2) is 15.4. The fraction of sp³-hybridized carbons (Fsp3) is 0.917. The minimum absolute atomic E-state index is 0.0190. The van der Waals surface area contributed by atoms with Gasteiger partial charge in [0.1, 0.15) is 0 Å². The molecule has 65 heavy (non-hydrogen) atoms. The lowest BCUT2D eigenvalue weighted by molar-refractivity contribution is -0.206. The third-order valence-electron chi connectivity index (χ3n) is 26.8. The van der Waals surface area contributed by atoms with E-state index in [0.717, 1.165) is 57.3 Å². The van der Waals surface area contributed by atoms with Gasteiger partial charge in [-0.3, -0.25) is 4.79 Å². The van der Waals surface area contributed by atoms with Gasteiger partial charge >= 0.3 is 5.97 Å². The minimum Gasteiger partial charge on any atom is -0.481 e. The monoisotopic (exact) mass is 899 g/mol. The lowest BCUT2D eigenvalue weighted by Crippen LogP contribution is -2.65. The smallest absolute Gasteiger partial charge is 0.310 e. The van der Waals surface area contributed by atoms with Crippen LogP contribution in [0.3, 0.4) is 0 Å². The van der Waals surface area contributed by atoms with Crippen LogP contribution < -0.4 is 0 Å². The number of carbonyl (C=O) groups is 1. The number of hydrogen-bond donors (Lipinski definition) is 4. The van der Waals surface area contributed by atoms with Crippen LogP contribution in [0.15, 0.2) is 23.3 Å². The molecule has 8 fully saturated rings. The molecule has 0 unspecified atom stereocenters. The fourth-order valence-electron chi connectivity index (χ4n) is 21.7. The average Bonchev–Trinajstić information content (AvgIpc) is 3.24. The summed E-state index contributed by atoms with van der Waals surface area (Å²) in [6.45, 7) is 34.8. The summed E-state index contributed by atoms with van der Waals surface area (Å²) in [6.07, 6.45) is 25.0. The van der Waals surface area contributed by atoms with Crippen molar-refractivity contribution < 1.29 is 25.2 Å². The normalized spacial score (nSPS) is 56.1. The first-order valence-electron chi connectivity index (χ1n) is 27.7. The van der Waals surface area contributed by atoms with E-state index in [-0.39, 0.29) is 56.0 Å². The Kier molecular flexibility index (Phi) is 11.6. The van der Waals surface area contributed by atoms with Crippen molar-refractivity contribution in [3.8, 4) is 0 Å². The van der Waals surface area contributed by atoms with Gasteiger partial charge in [-0.2, -0.15) is 0 Å². The van der Waals surface area contributed by atoms with Gasteiger partial charge in [-0.05, 0) is 218 Å². The Labute approximate surface area is 397 Å². The Hall–Kier alpha value is -1.17. The molecular formula is C60H98O5. The molecule has 0 radical (unpaired) electrons. The molecule has 0 heterocycles. The number of hydrogen-bond acceptors (Lipinski definition) is 4. The van der Waals surface area contributed by atoms with Crippen LogP contribution in [-0.4, -0.2) is 45.2 Å². The molecule has 0 bridgehead atoms. The van der Waals surface area contributed by atoms with Crippen molar-refractivity contribution in [3.05, 3.63) is 23.3 Å². The van der Waals surface area contributed by atoms with Crippen molar-refractivity contribution in [1.29, 1.82) is 0 Å². The largest absolute Gasteiger partial charge is 0.481 e. The molecule has 0 saturated heterocycles. The van der Waals surface area contributed by atoms with E-state index < -0.39 is 11.4 Å². The molecule has 0 aromatic rings. The van der Waals surface area contributed by atoms with Crippen LogP contribution in [0.4, 0.5) is 0 Å². The fourth-order valence-corrected chi connectivity index (χ4v) is 21.7. The first kappa shape index (κ1) is 48.8. The van der Waals surface area contributed by atoms with E-state index in [9.17, 15) is 25.2 Å². The number of allylic oxidation sites excluding steroid dienone is 4. The highest BCUT2D eigenvalue weighted by atomic mass is 16.4. The van der Waals surface area contributed by atoms with Gasteiger partial charge in [0, 0.05) is 12.0 Å². The predicted octanol–water partition coefficient (Wildman–Crippen LogP) is 14.1. The number of aliphatic hydroxyl groups excluding tert-OH is 3. The van der Waals surface area contributed by atoms with Crippen LogP contribution in [-0.2, 0) is 4.79 Å². The Balaban J connectivity index is 0.000000164. The molecular weight excluding hydrogens is 801 g/mol. The van der Waals surface area contributed by atoms with E-state index in [4.69, 9.17) is 0 Å². The van der Waals surface area contributed by atoms with Gasteiger partial charge < -0.3 is 20.4 Å². The molecule has 5 heteroatoms.